The highest BCUT2D eigenvalue weighted by atomic mass is 32.1. The molecule has 0 bridgehead atoms. The molecule has 1 aromatic carbocycles. The number of para-hydroxylation sites is 1. The topological polar surface area (TPSA) is 110 Å². The number of ether oxygens (including phenoxy) is 2. The molecule has 192 valence electrons. The molecule has 34 heavy (non-hydrogen) atoms. The second-order valence-corrected chi connectivity index (χ2v) is 8.97. The summed E-state index contributed by atoms with van der Waals surface area (Å²) in [5.74, 6) is 3.11. The fourth-order valence-corrected chi connectivity index (χ4v) is 4.24. The maximum atomic E-state index is 9.36. The molecule has 0 amide bonds. The van der Waals surface area contributed by atoms with E-state index in [4.69, 9.17) is 20.0 Å². The van der Waals surface area contributed by atoms with Gasteiger partial charge in [0.25, 0.3) is 0 Å². The Labute approximate surface area is 209 Å². The highest BCUT2D eigenvalue weighted by Gasteiger charge is 2.31. The fourth-order valence-electron chi connectivity index (χ4n) is 4.11. The van der Waals surface area contributed by atoms with Crippen LogP contribution in [-0.4, -0.2) is 49.6 Å². The first-order valence-electron chi connectivity index (χ1n) is 11.6. The minimum absolute atomic E-state index is 0. The molecule has 8 nitrogen and oxygen atoms in total. The van der Waals surface area contributed by atoms with Crippen molar-refractivity contribution in [3.8, 4) is 0 Å². The number of allylic oxidation sites excluding steroid dienone is 5. The van der Waals surface area contributed by atoms with Gasteiger partial charge in [-0.05, 0) is 79.0 Å². The van der Waals surface area contributed by atoms with E-state index in [-0.39, 0.29) is 9.46 Å². The Hall–Kier alpha value is -2.17. The van der Waals surface area contributed by atoms with Crippen molar-refractivity contribution in [3.05, 3.63) is 59.6 Å². The second kappa shape index (κ2) is 15.0. The lowest BCUT2D eigenvalue weighted by Gasteiger charge is -2.34. The molecule has 2 heterocycles. The maximum absolute atomic E-state index is 9.36. The van der Waals surface area contributed by atoms with Crippen LogP contribution >= 0.6 is 12.6 Å². The predicted molar refractivity (Wildman–Crippen MR) is 141 cm³/mol. The van der Waals surface area contributed by atoms with Crippen molar-refractivity contribution >= 4 is 23.7 Å². The normalized spacial score (nSPS) is 20.1. The third-order valence-electron chi connectivity index (χ3n) is 6.10. The molecule has 1 aliphatic heterocycles. The highest BCUT2D eigenvalue weighted by Crippen LogP contribution is 2.42. The van der Waals surface area contributed by atoms with Gasteiger partial charge < -0.3 is 14.6 Å². The minimum Gasteiger partial charge on any atom is -0.469 e. The van der Waals surface area contributed by atoms with Crippen LogP contribution in [0.15, 0.2) is 59.6 Å². The number of nitrogens with zero attached hydrogens (tertiary/aromatic N) is 3. The molecule has 2 aromatic rings. The summed E-state index contributed by atoms with van der Waals surface area (Å²) in [6.07, 6.45) is 9.43. The van der Waals surface area contributed by atoms with Crippen LogP contribution in [0.2, 0.25) is 0 Å². The zero-order chi connectivity index (χ0) is 24.9. The molecule has 1 aliphatic carbocycles. The van der Waals surface area contributed by atoms with Gasteiger partial charge in [0.15, 0.2) is 0 Å². The van der Waals surface area contributed by atoms with E-state index >= 15 is 0 Å². The minimum atomic E-state index is 0. The van der Waals surface area contributed by atoms with Crippen LogP contribution in [0.4, 0.5) is 0 Å². The van der Waals surface area contributed by atoms with Crippen LogP contribution < -0.4 is 0 Å². The molecule has 4 rings (SSSR count). The monoisotopic (exact) mass is 495 g/mol. The van der Waals surface area contributed by atoms with Crippen molar-refractivity contribution in [1.29, 1.82) is 0 Å². The van der Waals surface area contributed by atoms with Crippen LogP contribution in [-0.2, 0) is 16.2 Å². The third kappa shape index (κ3) is 7.68. The summed E-state index contributed by atoms with van der Waals surface area (Å²) in [4.78, 5) is 0. The molecule has 0 saturated heterocycles. The molecule has 1 aromatic heterocycles. The molecule has 3 N–H and O–H groups in total. The molecule has 0 radical (unpaired) electrons. The number of fused-ring (bicyclic) bond motifs is 2. The Kier molecular flexibility index (Phi) is 12.3. The summed E-state index contributed by atoms with van der Waals surface area (Å²) in [6, 6.07) is 7.84. The number of hydrogen-bond donors (Lipinski definition) is 4. The van der Waals surface area contributed by atoms with Gasteiger partial charge in [-0.1, -0.05) is 37.3 Å². The lowest BCUT2D eigenvalue weighted by Crippen LogP contribution is -2.25. The zero-order valence-corrected chi connectivity index (χ0v) is 21.1. The molecular weight excluding hydrogens is 454 g/mol. The van der Waals surface area contributed by atoms with Gasteiger partial charge in [-0.25, -0.2) is 4.68 Å². The lowest BCUT2D eigenvalue weighted by atomic mass is 9.71. The van der Waals surface area contributed by atoms with Crippen molar-refractivity contribution < 1.29 is 27.9 Å². The maximum Gasteiger partial charge on any atom is 0.141 e. The number of benzene rings is 1. The number of thiol groups is 1. The van der Waals surface area contributed by atoms with E-state index in [1.807, 2.05) is 43.5 Å². The molecule has 1 unspecified atom stereocenters. The molecule has 0 spiro atoms. The van der Waals surface area contributed by atoms with Gasteiger partial charge >= 0.3 is 0 Å². The second-order valence-electron chi connectivity index (χ2n) is 8.53. The van der Waals surface area contributed by atoms with E-state index in [1.165, 1.54) is 17.6 Å². The average Bonchev–Trinajstić information content (AvgIpc) is 3.18. The van der Waals surface area contributed by atoms with Gasteiger partial charge in [-0.15, -0.1) is 5.10 Å². The number of aliphatic hydroxyl groups excluding tert-OH is 1. The number of aromatic nitrogens is 3. The largest absolute Gasteiger partial charge is 0.469 e. The number of aliphatic hydroxyl groups is 1. The Bertz CT molecular complexity index is 984. The van der Waals surface area contributed by atoms with E-state index in [1.54, 1.807) is 4.68 Å². The summed E-state index contributed by atoms with van der Waals surface area (Å²) >= 11 is 4.11. The third-order valence-corrected chi connectivity index (χ3v) is 6.42. The van der Waals surface area contributed by atoms with Gasteiger partial charge in [0.05, 0.1) is 11.8 Å². The quantitative estimate of drug-likeness (QED) is 0.170. The van der Waals surface area contributed by atoms with Gasteiger partial charge in [-0.2, -0.15) is 12.6 Å². The van der Waals surface area contributed by atoms with Crippen molar-refractivity contribution in [2.45, 2.75) is 46.8 Å². The van der Waals surface area contributed by atoms with Crippen molar-refractivity contribution in [2.75, 3.05) is 19.0 Å². The Morgan fingerprint density at radius 1 is 1.24 bits per heavy atom. The van der Waals surface area contributed by atoms with Gasteiger partial charge in [0.2, 0.25) is 0 Å². The van der Waals surface area contributed by atoms with Crippen LogP contribution in [0.3, 0.4) is 0 Å². The van der Waals surface area contributed by atoms with E-state index in [0.717, 1.165) is 35.4 Å². The Morgan fingerprint density at radius 2 is 2.00 bits per heavy atom. The smallest absolute Gasteiger partial charge is 0.141 e. The average molecular weight is 496 g/mol. The first-order valence-corrected chi connectivity index (χ1v) is 12.2. The van der Waals surface area contributed by atoms with Gasteiger partial charge in [0, 0.05) is 16.1 Å². The Morgan fingerprint density at radius 3 is 2.74 bits per heavy atom. The Balaban J connectivity index is 0.000000609. The summed E-state index contributed by atoms with van der Waals surface area (Å²) in [5.41, 5.74) is 4.58. The van der Waals surface area contributed by atoms with Crippen molar-refractivity contribution in [2.24, 2.45) is 17.8 Å². The van der Waals surface area contributed by atoms with Crippen LogP contribution in [0.5, 0.6) is 0 Å². The van der Waals surface area contributed by atoms with Crippen LogP contribution in [0.1, 0.15) is 42.9 Å². The molecule has 9 heteroatoms. The van der Waals surface area contributed by atoms with Crippen LogP contribution in [0.25, 0.3) is 11.0 Å². The lowest BCUT2D eigenvalue weighted by molar-refractivity contribution is -0.176. The molecule has 3 atom stereocenters. The van der Waals surface area contributed by atoms with E-state index in [9.17, 15) is 5.11 Å². The molecular formula is C25H41N3O5S. The zero-order valence-electron chi connectivity index (χ0n) is 20.2. The van der Waals surface area contributed by atoms with Gasteiger partial charge in [-0.3, -0.25) is 10.5 Å². The van der Waals surface area contributed by atoms with Crippen molar-refractivity contribution in [3.63, 3.8) is 0 Å². The van der Waals surface area contributed by atoms with Gasteiger partial charge in [0.1, 0.15) is 18.0 Å². The van der Waals surface area contributed by atoms with E-state index < -0.39 is 0 Å². The van der Waals surface area contributed by atoms with Crippen molar-refractivity contribution in [1.82, 2.24) is 15.0 Å². The predicted octanol–water partition coefficient (Wildman–Crippen LogP) is 5.64. The standard InChI is InChI=1S/C15H22O2.C10H13N3OS.H2O2.2H2/c1-10-4-6-14(11(2)8-16)15-9-17-12(3)5-7-13(10)15;15-7-3-6-14-8-13-10-5-2-1-4-9(10)11-12-13;1-2;;/h5,7,9-11,14,16H,4,6,8H2,1-3H3;1-2,4-5,15H,3,6-8H2;1-2H;2*1H/t10-,11+,14?;;;;/m1..../s1. The van der Waals surface area contributed by atoms with E-state index in [2.05, 4.69) is 42.9 Å². The van der Waals surface area contributed by atoms with Crippen LogP contribution in [0, 0.1) is 17.8 Å². The molecule has 1 fully saturated rings. The highest BCUT2D eigenvalue weighted by molar-refractivity contribution is 7.80. The summed E-state index contributed by atoms with van der Waals surface area (Å²) in [5, 5.41) is 29.4. The summed E-state index contributed by atoms with van der Waals surface area (Å²) in [7, 11) is 0. The first kappa shape index (κ1) is 28.1. The number of hydrogen-bond acceptors (Lipinski definition) is 8. The SMILES string of the molecule is CC1=CC=C2C(=CO1)C([C@@H](C)CO)CC[C@H]2C.OO.SCCCOCn1nnc2ccccc21.[HH].[HH]. The first-order chi connectivity index (χ1) is 16.5. The molecule has 1 saturated carbocycles. The fraction of sp³-hybridized carbons (Fsp3) is 0.520. The van der Waals surface area contributed by atoms with E-state index in [0.29, 0.717) is 31.1 Å². The summed E-state index contributed by atoms with van der Waals surface area (Å²) in [6.45, 7) is 7.76. The molecule has 2 aliphatic rings. The summed E-state index contributed by atoms with van der Waals surface area (Å²) < 4.78 is 12.8. The number of rotatable bonds is 7.